The van der Waals surface area contributed by atoms with Crippen LogP contribution < -0.4 is 4.74 Å². The SMILES string of the molecule is C[C@@H](O)c1c(F)cccc1Oc1ccc(I)cc1. The molecule has 0 aliphatic rings. The number of ether oxygens (including phenoxy) is 1. The Morgan fingerprint density at radius 2 is 1.83 bits per heavy atom. The number of aliphatic hydroxyl groups excluding tert-OH is 1. The highest BCUT2D eigenvalue weighted by atomic mass is 127. The summed E-state index contributed by atoms with van der Waals surface area (Å²) in [6.45, 7) is 1.51. The Morgan fingerprint density at radius 1 is 1.17 bits per heavy atom. The Morgan fingerprint density at radius 3 is 2.44 bits per heavy atom. The van der Waals surface area contributed by atoms with Crippen LogP contribution in [0, 0.1) is 9.39 Å². The molecule has 1 N–H and O–H groups in total. The molecule has 94 valence electrons. The minimum absolute atomic E-state index is 0.177. The molecule has 1 atom stereocenters. The lowest BCUT2D eigenvalue weighted by molar-refractivity contribution is 0.190. The van der Waals surface area contributed by atoms with Crippen molar-refractivity contribution in [1.82, 2.24) is 0 Å². The third-order valence-electron chi connectivity index (χ3n) is 2.47. The zero-order chi connectivity index (χ0) is 13.1. The monoisotopic (exact) mass is 358 g/mol. The summed E-state index contributed by atoms with van der Waals surface area (Å²) in [5.41, 5.74) is 0.177. The molecule has 2 aromatic carbocycles. The van der Waals surface area contributed by atoms with Crippen LogP contribution in [-0.4, -0.2) is 5.11 Å². The van der Waals surface area contributed by atoms with Crippen molar-refractivity contribution in [3.8, 4) is 11.5 Å². The van der Waals surface area contributed by atoms with Crippen LogP contribution in [0.1, 0.15) is 18.6 Å². The van der Waals surface area contributed by atoms with Gasteiger partial charge in [-0.05, 0) is 65.9 Å². The summed E-state index contributed by atoms with van der Waals surface area (Å²) in [6, 6.07) is 11.9. The normalized spacial score (nSPS) is 12.2. The van der Waals surface area contributed by atoms with Gasteiger partial charge in [0, 0.05) is 3.57 Å². The van der Waals surface area contributed by atoms with E-state index in [0.29, 0.717) is 11.5 Å². The number of rotatable bonds is 3. The topological polar surface area (TPSA) is 29.5 Å². The summed E-state index contributed by atoms with van der Waals surface area (Å²) in [7, 11) is 0. The second-order valence-electron chi connectivity index (χ2n) is 3.88. The van der Waals surface area contributed by atoms with E-state index in [1.807, 2.05) is 12.1 Å². The van der Waals surface area contributed by atoms with Gasteiger partial charge in [-0.3, -0.25) is 0 Å². The zero-order valence-corrected chi connectivity index (χ0v) is 11.9. The first-order chi connectivity index (χ1) is 8.58. The lowest BCUT2D eigenvalue weighted by Gasteiger charge is -2.13. The highest BCUT2D eigenvalue weighted by Crippen LogP contribution is 2.31. The van der Waals surface area contributed by atoms with Crippen molar-refractivity contribution in [3.05, 3.63) is 57.4 Å². The predicted molar refractivity (Wildman–Crippen MR) is 76.3 cm³/mol. The smallest absolute Gasteiger partial charge is 0.136 e. The van der Waals surface area contributed by atoms with Crippen molar-refractivity contribution in [1.29, 1.82) is 0 Å². The molecule has 0 bridgehead atoms. The largest absolute Gasteiger partial charge is 0.457 e. The highest BCUT2D eigenvalue weighted by Gasteiger charge is 2.15. The Hall–Kier alpha value is -1.14. The van der Waals surface area contributed by atoms with E-state index in [1.165, 1.54) is 13.0 Å². The fourth-order valence-corrected chi connectivity index (χ4v) is 2.00. The Bertz CT molecular complexity index is 538. The van der Waals surface area contributed by atoms with Crippen molar-refractivity contribution < 1.29 is 14.2 Å². The summed E-state index contributed by atoms with van der Waals surface area (Å²) < 4.78 is 20.3. The van der Waals surface area contributed by atoms with Crippen molar-refractivity contribution in [3.63, 3.8) is 0 Å². The molecule has 0 aromatic heterocycles. The second-order valence-corrected chi connectivity index (χ2v) is 5.13. The molecule has 2 nitrogen and oxygen atoms in total. The molecular formula is C14H12FIO2. The van der Waals surface area contributed by atoms with Crippen LogP contribution in [0.5, 0.6) is 11.5 Å². The van der Waals surface area contributed by atoms with Gasteiger partial charge in [0.1, 0.15) is 17.3 Å². The van der Waals surface area contributed by atoms with E-state index >= 15 is 0 Å². The van der Waals surface area contributed by atoms with E-state index in [0.717, 1.165) is 3.57 Å². The molecule has 0 unspecified atom stereocenters. The molecule has 4 heteroatoms. The van der Waals surface area contributed by atoms with Crippen LogP contribution >= 0.6 is 22.6 Å². The summed E-state index contributed by atoms with van der Waals surface area (Å²) >= 11 is 2.19. The fraction of sp³-hybridized carbons (Fsp3) is 0.143. The number of halogens is 2. The summed E-state index contributed by atoms with van der Waals surface area (Å²) in [6.07, 6.45) is -0.912. The van der Waals surface area contributed by atoms with E-state index < -0.39 is 11.9 Å². The Balaban J connectivity index is 2.34. The number of benzene rings is 2. The van der Waals surface area contributed by atoms with Gasteiger partial charge in [-0.25, -0.2) is 4.39 Å². The first-order valence-corrected chi connectivity index (χ1v) is 6.55. The molecule has 0 radical (unpaired) electrons. The molecule has 0 aliphatic carbocycles. The second kappa shape index (κ2) is 5.67. The predicted octanol–water partition coefficient (Wildman–Crippen LogP) is 4.28. The van der Waals surface area contributed by atoms with Crippen molar-refractivity contribution >= 4 is 22.6 Å². The van der Waals surface area contributed by atoms with Crippen molar-refractivity contribution in [2.75, 3.05) is 0 Å². The van der Waals surface area contributed by atoms with Gasteiger partial charge in [0.05, 0.1) is 11.7 Å². The minimum atomic E-state index is -0.912. The van der Waals surface area contributed by atoms with Crippen LogP contribution in [0.15, 0.2) is 42.5 Å². The van der Waals surface area contributed by atoms with Crippen LogP contribution in [-0.2, 0) is 0 Å². The molecule has 2 rings (SSSR count). The summed E-state index contributed by atoms with van der Waals surface area (Å²) in [5.74, 6) is 0.488. The molecule has 0 heterocycles. The Kier molecular flexibility index (Phi) is 4.19. The summed E-state index contributed by atoms with van der Waals surface area (Å²) in [5, 5.41) is 9.59. The third-order valence-corrected chi connectivity index (χ3v) is 3.19. The number of aliphatic hydroxyl groups is 1. The molecule has 0 saturated heterocycles. The molecule has 0 aliphatic heterocycles. The molecule has 0 fully saturated rings. The van der Waals surface area contributed by atoms with Crippen LogP contribution in [0.25, 0.3) is 0 Å². The first kappa shape index (κ1) is 13.3. The molecule has 18 heavy (non-hydrogen) atoms. The molecule has 0 amide bonds. The van der Waals surface area contributed by atoms with Gasteiger partial charge in [0.15, 0.2) is 0 Å². The average molecular weight is 358 g/mol. The maximum Gasteiger partial charge on any atom is 0.136 e. The van der Waals surface area contributed by atoms with E-state index in [9.17, 15) is 9.50 Å². The molecule has 0 saturated carbocycles. The summed E-state index contributed by atoms with van der Waals surface area (Å²) in [4.78, 5) is 0. The van der Waals surface area contributed by atoms with Gasteiger partial charge in [0.25, 0.3) is 0 Å². The van der Waals surface area contributed by atoms with Crippen LogP contribution in [0.3, 0.4) is 0 Å². The lowest BCUT2D eigenvalue weighted by atomic mass is 10.1. The highest BCUT2D eigenvalue weighted by molar-refractivity contribution is 14.1. The van der Waals surface area contributed by atoms with E-state index in [-0.39, 0.29) is 5.56 Å². The van der Waals surface area contributed by atoms with E-state index in [4.69, 9.17) is 4.74 Å². The Labute approximate surface area is 119 Å². The van der Waals surface area contributed by atoms with Gasteiger partial charge in [-0.15, -0.1) is 0 Å². The van der Waals surface area contributed by atoms with E-state index in [2.05, 4.69) is 22.6 Å². The quantitative estimate of drug-likeness (QED) is 0.831. The maximum absolute atomic E-state index is 13.6. The molecule has 2 aromatic rings. The van der Waals surface area contributed by atoms with E-state index in [1.54, 1.807) is 24.3 Å². The maximum atomic E-state index is 13.6. The van der Waals surface area contributed by atoms with Gasteiger partial charge in [-0.2, -0.15) is 0 Å². The fourth-order valence-electron chi connectivity index (χ4n) is 1.64. The zero-order valence-electron chi connectivity index (χ0n) is 9.73. The minimum Gasteiger partial charge on any atom is -0.457 e. The van der Waals surface area contributed by atoms with Gasteiger partial charge >= 0.3 is 0 Å². The van der Waals surface area contributed by atoms with Crippen molar-refractivity contribution in [2.24, 2.45) is 0 Å². The van der Waals surface area contributed by atoms with Gasteiger partial charge in [0.2, 0.25) is 0 Å². The number of hydrogen-bond donors (Lipinski definition) is 1. The van der Waals surface area contributed by atoms with Crippen LogP contribution in [0.2, 0.25) is 0 Å². The number of hydrogen-bond acceptors (Lipinski definition) is 2. The van der Waals surface area contributed by atoms with Crippen LogP contribution in [0.4, 0.5) is 4.39 Å². The van der Waals surface area contributed by atoms with Gasteiger partial charge < -0.3 is 9.84 Å². The first-order valence-electron chi connectivity index (χ1n) is 5.48. The lowest BCUT2D eigenvalue weighted by Crippen LogP contribution is -1.99. The van der Waals surface area contributed by atoms with Crippen molar-refractivity contribution in [2.45, 2.75) is 13.0 Å². The standard InChI is InChI=1S/C14H12FIO2/c1-9(17)14-12(15)3-2-4-13(14)18-11-7-5-10(16)6-8-11/h2-9,17H,1H3/t9-/m1/s1. The molecular weight excluding hydrogens is 346 g/mol. The average Bonchev–Trinajstić information content (AvgIpc) is 2.32. The third kappa shape index (κ3) is 3.00. The van der Waals surface area contributed by atoms with Gasteiger partial charge in [-0.1, -0.05) is 6.07 Å². The molecule has 0 spiro atoms.